The van der Waals surface area contributed by atoms with Gasteiger partial charge in [0.05, 0.1) is 11.2 Å². The summed E-state index contributed by atoms with van der Waals surface area (Å²) in [6.45, 7) is 14.4. The molecule has 2 amide bonds. The van der Waals surface area contributed by atoms with Crippen LogP contribution >= 0.6 is 0 Å². The van der Waals surface area contributed by atoms with Gasteiger partial charge in [0, 0.05) is 18.0 Å². The molecule has 2 rings (SSSR count). The van der Waals surface area contributed by atoms with Crippen LogP contribution in [0, 0.1) is 5.92 Å². The predicted octanol–water partition coefficient (Wildman–Crippen LogP) is 3.36. The monoisotopic (exact) mass is 495 g/mol. The van der Waals surface area contributed by atoms with E-state index in [1.165, 1.54) is 11.8 Å². The number of carbonyl (C=O) groups is 3. The molecule has 3 atom stereocenters. The smallest absolute Gasteiger partial charge is 0.457 e. The van der Waals surface area contributed by atoms with Crippen LogP contribution in [0.15, 0.2) is 5.11 Å². The van der Waals surface area contributed by atoms with Gasteiger partial charge in [-0.25, -0.2) is 4.79 Å². The molecule has 2 N–H and O–H groups in total. The summed E-state index contributed by atoms with van der Waals surface area (Å²) in [6, 6.07) is -0.968. The van der Waals surface area contributed by atoms with E-state index in [0.29, 0.717) is 12.7 Å². The molecule has 2 aliphatic heterocycles. The third-order valence-corrected chi connectivity index (χ3v) is 6.72. The fourth-order valence-corrected chi connectivity index (χ4v) is 4.29. The second-order valence-corrected chi connectivity index (χ2v) is 11.4. The van der Waals surface area contributed by atoms with Crippen molar-refractivity contribution in [3.63, 3.8) is 0 Å². The van der Waals surface area contributed by atoms with E-state index in [1.54, 1.807) is 20.8 Å². The van der Waals surface area contributed by atoms with Crippen LogP contribution in [0.2, 0.25) is 6.32 Å². The van der Waals surface area contributed by atoms with Crippen molar-refractivity contribution in [3.8, 4) is 0 Å². The number of hydrogen-bond acceptors (Lipinski definition) is 7. The van der Waals surface area contributed by atoms with Gasteiger partial charge in [0.25, 0.3) is 0 Å². The number of carboxylic acids is 1. The molecule has 35 heavy (non-hydrogen) atoms. The molecule has 0 spiro atoms. The molecule has 0 aromatic heterocycles. The minimum atomic E-state index is -1.81. The van der Waals surface area contributed by atoms with Gasteiger partial charge < -0.3 is 29.4 Å². The molecule has 12 nitrogen and oxygen atoms in total. The zero-order valence-corrected chi connectivity index (χ0v) is 22.0. The Morgan fingerprint density at radius 2 is 1.83 bits per heavy atom. The molecular formula is C22H38BN5O7. The molecule has 0 unspecified atom stereocenters. The summed E-state index contributed by atoms with van der Waals surface area (Å²) in [5.41, 5.74) is 5.54. The zero-order valence-electron chi connectivity index (χ0n) is 22.0. The molecular weight excluding hydrogens is 457 g/mol. The van der Waals surface area contributed by atoms with E-state index in [9.17, 15) is 19.5 Å². The lowest BCUT2D eigenvalue weighted by atomic mass is 9.74. The lowest BCUT2D eigenvalue weighted by Gasteiger charge is -2.42. The van der Waals surface area contributed by atoms with Crippen molar-refractivity contribution in [1.82, 2.24) is 10.2 Å². The summed E-state index contributed by atoms with van der Waals surface area (Å²) in [5.74, 6) is -2.09. The van der Waals surface area contributed by atoms with Crippen LogP contribution in [-0.2, 0) is 23.6 Å². The van der Waals surface area contributed by atoms with Crippen LogP contribution in [0.3, 0.4) is 0 Å². The number of alkyl carbamates (subject to hydrolysis) is 1. The lowest BCUT2D eigenvalue weighted by molar-refractivity contribution is -0.149. The highest BCUT2D eigenvalue weighted by Gasteiger charge is 2.52. The number of likely N-dealkylation sites (tertiary alicyclic amines) is 1. The van der Waals surface area contributed by atoms with Crippen molar-refractivity contribution in [2.24, 2.45) is 11.0 Å². The number of nitrogens with zero attached hydrogens (tertiary/aromatic N) is 4. The van der Waals surface area contributed by atoms with Crippen LogP contribution in [0.5, 0.6) is 0 Å². The zero-order chi connectivity index (χ0) is 26.8. The quantitative estimate of drug-likeness (QED) is 0.237. The Morgan fingerprint density at radius 3 is 2.31 bits per heavy atom. The van der Waals surface area contributed by atoms with Gasteiger partial charge in [-0.1, -0.05) is 11.5 Å². The van der Waals surface area contributed by atoms with Crippen LogP contribution in [0.25, 0.3) is 10.4 Å². The summed E-state index contributed by atoms with van der Waals surface area (Å²) in [5, 5.41) is 16.0. The van der Waals surface area contributed by atoms with Gasteiger partial charge in [-0.15, -0.1) is 0 Å². The number of hydrogen-bond donors (Lipinski definition) is 2. The molecule has 2 fully saturated rings. The maximum atomic E-state index is 13.2. The number of carbonyl (C=O) groups excluding carboxylic acids is 2. The average molecular weight is 495 g/mol. The Kier molecular flexibility index (Phi) is 8.41. The van der Waals surface area contributed by atoms with Gasteiger partial charge in [0.2, 0.25) is 5.91 Å². The number of rotatable bonds is 7. The molecule has 0 bridgehead atoms. The largest absolute Gasteiger partial charge is 0.481 e. The molecule has 13 heteroatoms. The highest BCUT2D eigenvalue weighted by Crippen LogP contribution is 2.39. The van der Waals surface area contributed by atoms with E-state index in [0.717, 1.165) is 0 Å². The van der Waals surface area contributed by atoms with Crippen LogP contribution in [0.1, 0.15) is 68.2 Å². The number of azide groups is 1. The summed E-state index contributed by atoms with van der Waals surface area (Å²) < 4.78 is 17.3. The average Bonchev–Trinajstić information content (AvgIpc) is 2.90. The van der Waals surface area contributed by atoms with Crippen molar-refractivity contribution < 1.29 is 33.5 Å². The number of carboxylic acid groups (broad SMARTS) is 1. The third-order valence-electron chi connectivity index (χ3n) is 6.72. The van der Waals surface area contributed by atoms with E-state index in [1.807, 2.05) is 27.7 Å². The van der Waals surface area contributed by atoms with Crippen LogP contribution < -0.4 is 5.32 Å². The lowest BCUT2D eigenvalue weighted by Crippen LogP contribution is -2.59. The van der Waals surface area contributed by atoms with Gasteiger partial charge in [0.15, 0.2) is 5.54 Å². The number of amides is 2. The van der Waals surface area contributed by atoms with Crippen LogP contribution in [0.4, 0.5) is 4.79 Å². The van der Waals surface area contributed by atoms with E-state index >= 15 is 0 Å². The van der Waals surface area contributed by atoms with Gasteiger partial charge in [-0.3, -0.25) is 9.59 Å². The molecule has 2 aliphatic rings. The molecule has 196 valence electrons. The number of ether oxygens (including phenoxy) is 1. The SMILES string of the molecule is C[C@H](NC(=O)OC(C)(C)C)C(=O)N1C[C@@H](CCB2OC(C)(C)C(C)(C)O2)C[C@@](N=[N+]=[N-])(C(=O)O)C1. The first-order valence-electron chi connectivity index (χ1n) is 11.8. The maximum absolute atomic E-state index is 13.2. The number of piperidine rings is 1. The topological polar surface area (TPSA) is 163 Å². The first-order chi connectivity index (χ1) is 15.9. The Hall–Kier alpha value is -2.50. The molecule has 0 aromatic rings. The Balaban J connectivity index is 2.16. The van der Waals surface area contributed by atoms with E-state index < -0.39 is 53.5 Å². The maximum Gasteiger partial charge on any atom is 0.457 e. The van der Waals surface area contributed by atoms with E-state index in [4.69, 9.17) is 19.6 Å². The van der Waals surface area contributed by atoms with Crippen molar-refractivity contribution in [1.29, 1.82) is 0 Å². The molecule has 0 radical (unpaired) electrons. The number of aliphatic carboxylic acids is 1. The molecule has 0 aromatic carbocycles. The van der Waals surface area contributed by atoms with Crippen molar-refractivity contribution >= 4 is 25.1 Å². The predicted molar refractivity (Wildman–Crippen MR) is 129 cm³/mol. The fourth-order valence-electron chi connectivity index (χ4n) is 4.29. The molecule has 2 heterocycles. The van der Waals surface area contributed by atoms with E-state index in [2.05, 4.69) is 15.3 Å². The fraction of sp³-hybridized carbons (Fsp3) is 0.864. The molecule has 0 aliphatic carbocycles. The summed E-state index contributed by atoms with van der Waals surface area (Å²) >= 11 is 0. The van der Waals surface area contributed by atoms with Crippen molar-refractivity contribution in [2.75, 3.05) is 13.1 Å². The second-order valence-electron chi connectivity index (χ2n) is 11.4. The Labute approximate surface area is 206 Å². The number of nitrogens with one attached hydrogen (secondary N) is 1. The summed E-state index contributed by atoms with van der Waals surface area (Å²) in [6.07, 6.45) is 0.290. The Bertz CT molecular complexity index is 864. The normalized spacial score (nSPS) is 26.5. The van der Waals surface area contributed by atoms with Gasteiger partial charge in [-0.2, -0.15) is 0 Å². The van der Waals surface area contributed by atoms with Gasteiger partial charge in [0.1, 0.15) is 11.6 Å². The molecule has 2 saturated heterocycles. The van der Waals surface area contributed by atoms with Crippen molar-refractivity contribution in [2.45, 2.75) is 103 Å². The minimum absolute atomic E-state index is 0.0730. The minimum Gasteiger partial charge on any atom is -0.481 e. The third kappa shape index (κ3) is 7.02. The van der Waals surface area contributed by atoms with Gasteiger partial charge >= 0.3 is 19.2 Å². The molecule has 0 saturated carbocycles. The highest BCUT2D eigenvalue weighted by atomic mass is 16.7. The van der Waals surface area contributed by atoms with Gasteiger partial charge in [-0.05, 0) is 79.6 Å². The van der Waals surface area contributed by atoms with E-state index in [-0.39, 0.29) is 25.4 Å². The second kappa shape index (κ2) is 10.2. The summed E-state index contributed by atoms with van der Waals surface area (Å²) in [7, 11) is -0.475. The highest BCUT2D eigenvalue weighted by molar-refractivity contribution is 6.45. The summed E-state index contributed by atoms with van der Waals surface area (Å²) in [4.78, 5) is 41.6. The van der Waals surface area contributed by atoms with Crippen LogP contribution in [-0.4, -0.2) is 76.6 Å². The van der Waals surface area contributed by atoms with Crippen molar-refractivity contribution in [3.05, 3.63) is 10.4 Å². The standard InChI is InChI=1S/C22H38BN5O7/c1-14(25-18(32)33-19(2,3)4)16(29)28-12-15(11-22(13-28,17(30)31)26-27-24)9-10-23-34-20(5,6)21(7,8)35-23/h14-15H,9-13H2,1-8H3,(H,25,32)(H,30,31)/t14-,15-,22-/m0/s1. The first kappa shape index (κ1) is 28.7. The Morgan fingerprint density at radius 1 is 1.26 bits per heavy atom. The first-order valence-corrected chi connectivity index (χ1v) is 11.8.